The summed E-state index contributed by atoms with van der Waals surface area (Å²) in [5, 5.41) is 17.7. The van der Waals surface area contributed by atoms with Crippen molar-refractivity contribution in [2.75, 3.05) is 64.5 Å². The van der Waals surface area contributed by atoms with Gasteiger partial charge in [0, 0.05) is 81.0 Å². The highest BCUT2D eigenvalue weighted by atomic mass is 32.2. The van der Waals surface area contributed by atoms with Crippen molar-refractivity contribution >= 4 is 34.9 Å². The lowest BCUT2D eigenvalue weighted by molar-refractivity contribution is 0.0360. The van der Waals surface area contributed by atoms with Gasteiger partial charge < -0.3 is 30.1 Å². The van der Waals surface area contributed by atoms with Crippen LogP contribution in [0.15, 0.2) is 73.8 Å². The third-order valence-electron chi connectivity index (χ3n) is 7.39. The second kappa shape index (κ2) is 11.9. The van der Waals surface area contributed by atoms with E-state index in [9.17, 15) is 5.11 Å². The summed E-state index contributed by atoms with van der Waals surface area (Å²) < 4.78 is 11.0. The number of anilines is 1. The van der Waals surface area contributed by atoms with Crippen molar-refractivity contribution in [3.63, 3.8) is 0 Å². The van der Waals surface area contributed by atoms with E-state index in [0.717, 1.165) is 82.5 Å². The summed E-state index contributed by atoms with van der Waals surface area (Å²) in [6.07, 6.45) is 4.42. The topological polar surface area (TPSA) is 69.2 Å². The third kappa shape index (κ3) is 5.88. The molecule has 0 saturated carbocycles. The van der Waals surface area contributed by atoms with Crippen LogP contribution in [0.3, 0.4) is 0 Å². The Morgan fingerprint density at radius 3 is 2.58 bits per heavy atom. The number of morpholine rings is 2. The van der Waals surface area contributed by atoms with Gasteiger partial charge in [-0.2, -0.15) is 0 Å². The van der Waals surface area contributed by atoms with Crippen LogP contribution in [-0.2, 0) is 9.47 Å². The maximum atomic E-state index is 10.6. The third-order valence-corrected chi connectivity index (χ3v) is 9.99. The van der Waals surface area contributed by atoms with Crippen molar-refractivity contribution < 1.29 is 14.6 Å². The smallest absolute Gasteiger partial charge is 0.146 e. The molecule has 0 amide bonds. The zero-order chi connectivity index (χ0) is 25.9. The Labute approximate surface area is 233 Å². The van der Waals surface area contributed by atoms with E-state index in [1.54, 1.807) is 0 Å². The highest BCUT2D eigenvalue weighted by Gasteiger charge is 2.25. The van der Waals surface area contributed by atoms with Crippen LogP contribution < -0.4 is 10.6 Å². The van der Waals surface area contributed by atoms with Gasteiger partial charge in [0.05, 0.1) is 26.4 Å². The maximum Gasteiger partial charge on any atom is 0.146 e. The highest BCUT2D eigenvalue weighted by molar-refractivity contribution is 8.05. The van der Waals surface area contributed by atoms with Gasteiger partial charge in [0.1, 0.15) is 6.23 Å². The Bertz CT molecular complexity index is 1210. The Kier molecular flexibility index (Phi) is 8.20. The number of benzene rings is 2. The van der Waals surface area contributed by atoms with Crippen LogP contribution in [0.4, 0.5) is 5.69 Å². The van der Waals surface area contributed by atoms with Crippen LogP contribution in [0, 0.1) is 0 Å². The first-order valence-corrected chi connectivity index (χ1v) is 15.2. The van der Waals surface area contributed by atoms with Crippen molar-refractivity contribution in [1.29, 1.82) is 0 Å². The molecule has 0 spiro atoms. The minimum absolute atomic E-state index is 0.413. The molecule has 4 heterocycles. The fraction of sp³-hybridized carbons (Fsp3) is 0.448. The number of dihydropyridines is 1. The number of allylic oxidation sites excluding steroid dienone is 1. The minimum Gasteiger partial charge on any atom is -0.381 e. The lowest BCUT2D eigenvalue weighted by atomic mass is 10.1. The number of aliphatic hydroxyl groups is 1. The molecule has 202 valence electrons. The molecule has 0 aromatic heterocycles. The van der Waals surface area contributed by atoms with Crippen LogP contribution in [-0.4, -0.2) is 86.3 Å². The van der Waals surface area contributed by atoms with Gasteiger partial charge in [-0.3, -0.25) is 4.90 Å². The Morgan fingerprint density at radius 2 is 1.79 bits per heavy atom. The van der Waals surface area contributed by atoms with Crippen molar-refractivity contribution in [1.82, 2.24) is 15.1 Å². The summed E-state index contributed by atoms with van der Waals surface area (Å²) in [5.41, 5.74) is 4.32. The molecule has 0 bridgehead atoms. The van der Waals surface area contributed by atoms with Crippen molar-refractivity contribution in [3.8, 4) is 0 Å². The largest absolute Gasteiger partial charge is 0.381 e. The molecule has 7 nitrogen and oxygen atoms in total. The quantitative estimate of drug-likeness (QED) is 0.398. The van der Waals surface area contributed by atoms with E-state index in [2.05, 4.69) is 69.8 Å². The van der Waals surface area contributed by atoms with Crippen LogP contribution in [0.1, 0.15) is 18.9 Å². The second-order valence-corrected chi connectivity index (χ2v) is 12.1. The highest BCUT2D eigenvalue weighted by Crippen LogP contribution is 2.51. The first-order chi connectivity index (χ1) is 18.7. The maximum absolute atomic E-state index is 10.6. The fourth-order valence-corrected chi connectivity index (χ4v) is 7.70. The van der Waals surface area contributed by atoms with Gasteiger partial charge in [0.25, 0.3) is 0 Å². The zero-order valence-corrected chi connectivity index (χ0v) is 23.5. The average molecular weight is 553 g/mol. The van der Waals surface area contributed by atoms with Crippen LogP contribution in [0.25, 0.3) is 5.70 Å². The van der Waals surface area contributed by atoms with Crippen molar-refractivity contribution in [2.45, 2.75) is 45.2 Å². The van der Waals surface area contributed by atoms with Crippen LogP contribution in [0.5, 0.6) is 0 Å². The van der Waals surface area contributed by atoms with Crippen molar-refractivity contribution in [2.24, 2.45) is 0 Å². The number of rotatable bonds is 7. The minimum atomic E-state index is -0.713. The molecule has 2 unspecified atom stereocenters. The van der Waals surface area contributed by atoms with E-state index in [1.165, 1.54) is 25.3 Å². The molecule has 2 atom stereocenters. The van der Waals surface area contributed by atoms with Crippen molar-refractivity contribution in [3.05, 3.63) is 59.8 Å². The Balaban J connectivity index is 1.20. The molecular formula is C29H36N4O3S2. The Morgan fingerprint density at radius 1 is 1.00 bits per heavy atom. The molecule has 2 aromatic rings. The van der Waals surface area contributed by atoms with Gasteiger partial charge in [0.2, 0.25) is 0 Å². The molecule has 0 radical (unpaired) electrons. The number of aliphatic hydroxyl groups excluding tert-OH is 1. The molecule has 4 aliphatic heterocycles. The molecular weight excluding hydrogens is 516 g/mol. The molecule has 9 heteroatoms. The van der Waals surface area contributed by atoms with E-state index in [0.29, 0.717) is 6.04 Å². The first-order valence-electron chi connectivity index (χ1n) is 13.6. The van der Waals surface area contributed by atoms with Gasteiger partial charge in [-0.05, 0) is 42.8 Å². The lowest BCUT2D eigenvalue weighted by Gasteiger charge is -2.33. The first kappa shape index (κ1) is 26.1. The number of hydrogen-bond donors (Lipinski definition) is 3. The standard InChI is InChI=1S/C29H36N4O3S2/c1-2-20(19-32-8-12-35-13-9-32)30-21-6-7-25-27(16-21)37-26-5-3-4-23(29(26)38-25)24-17-22(18-28(34)31-24)33-10-14-36-15-11-33/h3-7,16-18,20,28,30-31,34H,2,8-15,19H2,1H3. The normalized spacial score (nSPS) is 22.5. The van der Waals surface area contributed by atoms with E-state index in [1.807, 2.05) is 29.6 Å². The predicted molar refractivity (Wildman–Crippen MR) is 154 cm³/mol. The van der Waals surface area contributed by atoms with E-state index in [-0.39, 0.29) is 0 Å². The predicted octanol–water partition coefficient (Wildman–Crippen LogP) is 4.30. The molecule has 6 rings (SSSR count). The number of hydrogen-bond acceptors (Lipinski definition) is 9. The van der Waals surface area contributed by atoms with Gasteiger partial charge in [-0.25, -0.2) is 0 Å². The number of nitrogens with zero attached hydrogens (tertiary/aromatic N) is 2. The van der Waals surface area contributed by atoms with E-state index >= 15 is 0 Å². The van der Waals surface area contributed by atoms with Gasteiger partial charge in [-0.1, -0.05) is 42.6 Å². The monoisotopic (exact) mass is 552 g/mol. The number of ether oxygens (including phenoxy) is 2. The average Bonchev–Trinajstić information content (AvgIpc) is 2.96. The van der Waals surface area contributed by atoms with E-state index in [4.69, 9.17) is 9.47 Å². The molecule has 4 aliphatic rings. The molecule has 2 saturated heterocycles. The molecule has 2 fully saturated rings. The zero-order valence-electron chi connectivity index (χ0n) is 21.8. The lowest BCUT2D eigenvalue weighted by Crippen LogP contribution is -2.43. The number of fused-ring (bicyclic) bond motifs is 2. The summed E-state index contributed by atoms with van der Waals surface area (Å²) in [4.78, 5) is 9.82. The summed E-state index contributed by atoms with van der Waals surface area (Å²) in [7, 11) is 0. The second-order valence-electron chi connectivity index (χ2n) is 10.00. The summed E-state index contributed by atoms with van der Waals surface area (Å²) in [5.74, 6) is 0. The number of nitrogens with one attached hydrogen (secondary N) is 2. The van der Waals surface area contributed by atoms with Gasteiger partial charge in [0.15, 0.2) is 0 Å². The SMILES string of the molecule is CCC(CN1CCOCC1)Nc1ccc2c(c1)Sc1cccc(C3=CC(N4CCOCC4)=CC(O)N3)c1S2. The summed E-state index contributed by atoms with van der Waals surface area (Å²) in [6, 6.07) is 13.6. The van der Waals surface area contributed by atoms with Crippen LogP contribution in [0.2, 0.25) is 0 Å². The van der Waals surface area contributed by atoms with Gasteiger partial charge in [-0.15, -0.1) is 0 Å². The van der Waals surface area contributed by atoms with Crippen LogP contribution >= 0.6 is 23.5 Å². The molecule has 0 aliphatic carbocycles. The van der Waals surface area contributed by atoms with Gasteiger partial charge >= 0.3 is 0 Å². The van der Waals surface area contributed by atoms with E-state index < -0.39 is 6.23 Å². The summed E-state index contributed by atoms with van der Waals surface area (Å²) in [6.45, 7) is 10.1. The molecule has 2 aromatic carbocycles. The summed E-state index contributed by atoms with van der Waals surface area (Å²) >= 11 is 3.64. The Hall–Kier alpha value is -2.14. The molecule has 3 N–H and O–H groups in total. The molecule has 38 heavy (non-hydrogen) atoms. The fourth-order valence-electron chi connectivity index (χ4n) is 5.29.